The summed E-state index contributed by atoms with van der Waals surface area (Å²) in [5, 5.41) is -0.826. The summed E-state index contributed by atoms with van der Waals surface area (Å²) in [7, 11) is 1.14. The number of hydrogen-bond acceptors (Lipinski definition) is 4. The topological polar surface area (TPSA) is 57.9 Å². The largest absolute Gasteiger partial charge is 0.308 e. The van der Waals surface area contributed by atoms with E-state index >= 15 is 0 Å². The van der Waals surface area contributed by atoms with E-state index in [9.17, 15) is 9.59 Å². The molecular formula is C2HNO2S2. The van der Waals surface area contributed by atoms with Crippen molar-refractivity contribution in [3.05, 3.63) is 0 Å². The van der Waals surface area contributed by atoms with Gasteiger partial charge in [-0.3, -0.25) is 15.3 Å². The van der Waals surface area contributed by atoms with Gasteiger partial charge in [0.2, 0.25) is 0 Å². The minimum Gasteiger partial charge on any atom is -0.276 e. The van der Waals surface area contributed by atoms with Crippen molar-refractivity contribution in [1.82, 2.24) is 5.73 Å². The Kier molecular flexibility index (Phi) is 3.92. The lowest BCUT2D eigenvalue weighted by Crippen LogP contribution is -1.80. The molecule has 38 valence electrons. The van der Waals surface area contributed by atoms with Crippen LogP contribution in [-0.4, -0.2) is 10.9 Å². The molecule has 1 amide bonds. The molecule has 2 radical (unpaired) electrons. The van der Waals surface area contributed by atoms with Gasteiger partial charge in [-0.25, -0.2) is 0 Å². The lowest BCUT2D eigenvalue weighted by Gasteiger charge is -1.76. The van der Waals surface area contributed by atoms with Gasteiger partial charge in [-0.1, -0.05) is 0 Å². The highest BCUT2D eigenvalue weighted by molar-refractivity contribution is 8.86. The Balaban J connectivity index is 2.97. The van der Waals surface area contributed by atoms with Gasteiger partial charge in [-0.2, -0.15) is 0 Å². The third-order valence-corrected chi connectivity index (χ3v) is 1.36. The van der Waals surface area contributed by atoms with Crippen LogP contribution in [0.3, 0.4) is 0 Å². The number of rotatable bonds is 2. The Morgan fingerprint density at radius 3 is 2.43 bits per heavy atom. The van der Waals surface area contributed by atoms with Gasteiger partial charge in [-0.15, -0.1) is 0 Å². The quantitative estimate of drug-likeness (QED) is 0.526. The second-order valence-corrected chi connectivity index (χ2v) is 2.41. The molecule has 5 heteroatoms. The van der Waals surface area contributed by atoms with E-state index in [1.165, 1.54) is 5.62 Å². The molecule has 0 aliphatic heterocycles. The Hall–Kier alpha value is -0.160. The lowest BCUT2D eigenvalue weighted by molar-refractivity contribution is 0.266. The van der Waals surface area contributed by atoms with Crippen LogP contribution in [0.1, 0.15) is 0 Å². The van der Waals surface area contributed by atoms with Crippen LogP contribution >= 0.6 is 21.6 Å². The molecule has 0 unspecified atom stereocenters. The summed E-state index contributed by atoms with van der Waals surface area (Å²) in [5.41, 5.74) is 7.59. The van der Waals surface area contributed by atoms with Gasteiger partial charge in [0, 0.05) is 21.6 Å². The fraction of sp³-hybridized carbons (Fsp3) is 0. The van der Waals surface area contributed by atoms with E-state index in [2.05, 4.69) is 0 Å². The molecule has 0 bridgehead atoms. The van der Waals surface area contributed by atoms with Crippen molar-refractivity contribution in [2.75, 3.05) is 0 Å². The predicted molar refractivity (Wildman–Crippen MR) is 29.4 cm³/mol. The van der Waals surface area contributed by atoms with E-state index in [1.54, 1.807) is 0 Å². The number of amides is 1. The van der Waals surface area contributed by atoms with Crippen molar-refractivity contribution in [3.63, 3.8) is 0 Å². The van der Waals surface area contributed by atoms with Crippen molar-refractivity contribution in [2.45, 2.75) is 0 Å². The molecule has 3 nitrogen and oxygen atoms in total. The Bertz CT molecular complexity index is 83.8. The SMILES string of the molecule is [NH]C(=O)SS[C]=O. The van der Waals surface area contributed by atoms with Crippen molar-refractivity contribution < 1.29 is 9.59 Å². The molecule has 0 saturated heterocycles. The molecule has 7 heavy (non-hydrogen) atoms. The summed E-state index contributed by atoms with van der Waals surface area (Å²) in [6.07, 6.45) is 0. The third kappa shape index (κ3) is 5.84. The highest BCUT2D eigenvalue weighted by Gasteiger charge is 1.92. The van der Waals surface area contributed by atoms with E-state index < -0.39 is 5.24 Å². The summed E-state index contributed by atoms with van der Waals surface area (Å²) in [6.45, 7) is 0. The molecule has 0 saturated carbocycles. The molecule has 0 fully saturated rings. The van der Waals surface area contributed by atoms with E-state index in [1.807, 2.05) is 0 Å². The highest BCUT2D eigenvalue weighted by Crippen LogP contribution is 2.16. The molecule has 0 aromatic heterocycles. The van der Waals surface area contributed by atoms with Crippen LogP contribution in [0.2, 0.25) is 0 Å². The van der Waals surface area contributed by atoms with Crippen LogP contribution in [0.5, 0.6) is 0 Å². The third-order valence-electron chi connectivity index (χ3n) is 0.151. The first-order valence-corrected chi connectivity index (χ1v) is 3.38. The minimum atomic E-state index is -0.826. The smallest absolute Gasteiger partial charge is 0.276 e. The maximum absolute atomic E-state index is 9.63. The van der Waals surface area contributed by atoms with Crippen molar-refractivity contribution in [1.29, 1.82) is 0 Å². The van der Waals surface area contributed by atoms with Crippen molar-refractivity contribution in [2.24, 2.45) is 0 Å². The number of nitrogens with one attached hydrogen (secondary N) is 1. The van der Waals surface area contributed by atoms with Gasteiger partial charge in [0.15, 0.2) is 0 Å². The average Bonchev–Trinajstić information content (AvgIpc) is 1.61. The van der Waals surface area contributed by atoms with Gasteiger partial charge in [0.05, 0.1) is 0 Å². The van der Waals surface area contributed by atoms with Crippen LogP contribution in [0.4, 0.5) is 4.79 Å². The zero-order valence-electron chi connectivity index (χ0n) is 3.13. The highest BCUT2D eigenvalue weighted by atomic mass is 33.1. The zero-order valence-corrected chi connectivity index (χ0v) is 4.77. The molecule has 0 rings (SSSR count). The van der Waals surface area contributed by atoms with Gasteiger partial charge in [0.25, 0.3) is 5.62 Å². The normalized spacial score (nSPS) is 8.00. The number of carbonyl (C=O) groups is 1. The molecule has 0 atom stereocenters. The van der Waals surface area contributed by atoms with E-state index in [0.717, 1.165) is 0 Å². The molecule has 0 heterocycles. The molecule has 0 aliphatic carbocycles. The monoisotopic (exact) mass is 135 g/mol. The standard InChI is InChI=1S/C2HNO2S2/c3-2(5)7-6-1-4/h3H. The first-order chi connectivity index (χ1) is 3.27. The van der Waals surface area contributed by atoms with E-state index in [-0.39, 0.29) is 0 Å². The lowest BCUT2D eigenvalue weighted by atomic mass is 11.5. The van der Waals surface area contributed by atoms with Gasteiger partial charge in [-0.05, 0) is 0 Å². The minimum absolute atomic E-state index is 0.552. The van der Waals surface area contributed by atoms with Crippen LogP contribution in [0.25, 0.3) is 0 Å². The Labute approximate surface area is 48.4 Å². The maximum Gasteiger partial charge on any atom is 0.308 e. The fourth-order valence-electron chi connectivity index (χ4n) is 0.0549. The zero-order chi connectivity index (χ0) is 5.70. The summed E-state index contributed by atoms with van der Waals surface area (Å²) in [6, 6.07) is 0. The van der Waals surface area contributed by atoms with Crippen LogP contribution in [0, 0.1) is 0 Å². The summed E-state index contributed by atoms with van der Waals surface area (Å²) in [5.74, 6) is 0. The van der Waals surface area contributed by atoms with Gasteiger partial charge in [0.1, 0.15) is 0 Å². The number of hydrogen-bond donors (Lipinski definition) is 0. The molecule has 0 spiro atoms. The van der Waals surface area contributed by atoms with Crippen molar-refractivity contribution in [3.8, 4) is 0 Å². The molecule has 0 aromatic rings. The second kappa shape index (κ2) is 4.01. The van der Waals surface area contributed by atoms with Gasteiger partial charge < -0.3 is 0 Å². The van der Waals surface area contributed by atoms with Crippen LogP contribution in [-0.2, 0) is 4.79 Å². The van der Waals surface area contributed by atoms with E-state index in [0.29, 0.717) is 21.6 Å². The Morgan fingerprint density at radius 2 is 2.29 bits per heavy atom. The molecular weight excluding hydrogens is 134 g/mol. The van der Waals surface area contributed by atoms with Crippen LogP contribution < -0.4 is 5.73 Å². The first-order valence-electron chi connectivity index (χ1n) is 1.23. The summed E-state index contributed by atoms with van der Waals surface area (Å²) < 4.78 is 0. The predicted octanol–water partition coefficient (Wildman–Crippen LogP) is 0.838. The van der Waals surface area contributed by atoms with Crippen LogP contribution in [0.15, 0.2) is 0 Å². The van der Waals surface area contributed by atoms with Gasteiger partial charge >= 0.3 is 5.24 Å². The van der Waals surface area contributed by atoms with Crippen molar-refractivity contribution >= 4 is 32.4 Å². The molecule has 0 aliphatic rings. The summed E-state index contributed by atoms with van der Waals surface area (Å²) >= 11 is 0. The summed E-state index contributed by atoms with van der Waals surface area (Å²) in [4.78, 5) is 18.9. The second-order valence-electron chi connectivity index (χ2n) is 0.537. The first kappa shape index (κ1) is 6.84. The average molecular weight is 135 g/mol. The molecule has 1 N–H and O–H groups in total. The fourth-order valence-corrected chi connectivity index (χ4v) is 0.494. The van der Waals surface area contributed by atoms with E-state index in [4.69, 9.17) is 5.73 Å². The molecule has 0 aromatic carbocycles. The Morgan fingerprint density at radius 1 is 1.71 bits per heavy atom. The number of carbonyl (C=O) groups excluding carboxylic acids is 2. The maximum atomic E-state index is 9.63.